The largest absolute Gasteiger partial charge is 0.379 e. The minimum absolute atomic E-state index is 0.0844. The van der Waals surface area contributed by atoms with Gasteiger partial charge in [0.05, 0.1) is 34.6 Å². The number of carbonyl (C=O) groups excluding carboxylic acids is 3. The summed E-state index contributed by atoms with van der Waals surface area (Å²) < 4.78 is 5.33. The van der Waals surface area contributed by atoms with Crippen molar-refractivity contribution in [2.24, 2.45) is 5.92 Å². The molecule has 10 heteroatoms. The lowest BCUT2D eigenvalue weighted by atomic mass is 9.89. The maximum absolute atomic E-state index is 12.6. The molecule has 2 aromatic heterocycles. The number of thiazole rings is 1. The zero-order valence-corrected chi connectivity index (χ0v) is 18.2. The Bertz CT molecular complexity index is 906. The van der Waals surface area contributed by atoms with Crippen LogP contribution in [0.25, 0.3) is 0 Å². The maximum Gasteiger partial charge on any atom is 0.267 e. The first-order valence-corrected chi connectivity index (χ1v) is 11.8. The Kier molecular flexibility index (Phi) is 6.88. The summed E-state index contributed by atoms with van der Waals surface area (Å²) in [5.74, 6) is -0.832. The van der Waals surface area contributed by atoms with Gasteiger partial charge in [0.25, 0.3) is 5.91 Å². The third-order valence-corrected chi connectivity index (χ3v) is 7.14. The highest BCUT2D eigenvalue weighted by molar-refractivity contribution is 7.18. The number of nitrogens with zero attached hydrogens (tertiary/aromatic N) is 2. The van der Waals surface area contributed by atoms with E-state index in [1.165, 1.54) is 22.7 Å². The topological polar surface area (TPSA) is 101 Å². The molecule has 0 unspecified atom stereocenters. The van der Waals surface area contributed by atoms with Gasteiger partial charge in [-0.1, -0.05) is 17.4 Å². The van der Waals surface area contributed by atoms with Crippen molar-refractivity contribution >= 4 is 45.4 Å². The lowest BCUT2D eigenvalue weighted by molar-refractivity contribution is -0.125. The second-order valence-electron chi connectivity index (χ2n) is 7.35. The summed E-state index contributed by atoms with van der Waals surface area (Å²) in [7, 11) is 0. The molecule has 3 heterocycles. The van der Waals surface area contributed by atoms with Crippen molar-refractivity contribution in [3.8, 4) is 0 Å². The van der Waals surface area contributed by atoms with Gasteiger partial charge >= 0.3 is 0 Å². The SMILES string of the molecule is O=C(Nc1nc2c(s1)C(=O)C[C@H](C(=O)NCCCN1CCOCC1)C2)c1cccs1. The molecule has 0 bridgehead atoms. The van der Waals surface area contributed by atoms with Crippen molar-refractivity contribution in [3.05, 3.63) is 33.0 Å². The smallest absolute Gasteiger partial charge is 0.267 e. The maximum atomic E-state index is 12.6. The van der Waals surface area contributed by atoms with E-state index >= 15 is 0 Å². The van der Waals surface area contributed by atoms with Crippen molar-refractivity contribution in [2.45, 2.75) is 19.3 Å². The number of Topliss-reactive ketones (excluding diaryl/α,β-unsaturated/α-hetero) is 1. The molecular formula is C20H24N4O4S2. The quantitative estimate of drug-likeness (QED) is 0.629. The van der Waals surface area contributed by atoms with E-state index in [-0.39, 0.29) is 24.0 Å². The van der Waals surface area contributed by atoms with Gasteiger partial charge < -0.3 is 10.1 Å². The zero-order chi connectivity index (χ0) is 20.9. The molecule has 0 aromatic carbocycles. The Morgan fingerprint density at radius 3 is 2.87 bits per heavy atom. The Hall–Kier alpha value is -2.14. The zero-order valence-electron chi connectivity index (χ0n) is 16.5. The molecule has 1 aliphatic heterocycles. The number of rotatable bonds is 7. The van der Waals surface area contributed by atoms with Crippen LogP contribution in [-0.2, 0) is 16.0 Å². The number of fused-ring (bicyclic) bond motifs is 1. The Balaban J connectivity index is 1.28. The summed E-state index contributed by atoms with van der Waals surface area (Å²) in [6.07, 6.45) is 1.47. The van der Waals surface area contributed by atoms with Crippen LogP contribution in [-0.4, -0.2) is 66.9 Å². The van der Waals surface area contributed by atoms with Gasteiger partial charge in [-0.2, -0.15) is 0 Å². The molecule has 4 rings (SSSR count). The molecule has 8 nitrogen and oxygen atoms in total. The number of carbonyl (C=O) groups is 3. The van der Waals surface area contributed by atoms with E-state index in [1.54, 1.807) is 12.1 Å². The number of ketones is 1. The first-order chi connectivity index (χ1) is 14.6. The third kappa shape index (κ3) is 5.12. The van der Waals surface area contributed by atoms with Crippen LogP contribution in [0, 0.1) is 5.92 Å². The van der Waals surface area contributed by atoms with E-state index in [9.17, 15) is 14.4 Å². The first-order valence-electron chi connectivity index (χ1n) is 10.1. The normalized spacial score (nSPS) is 19.3. The molecule has 0 saturated carbocycles. The lowest BCUT2D eigenvalue weighted by Gasteiger charge is -2.26. The fourth-order valence-corrected chi connectivity index (χ4v) is 5.17. The van der Waals surface area contributed by atoms with Gasteiger partial charge in [-0.15, -0.1) is 11.3 Å². The van der Waals surface area contributed by atoms with E-state index in [1.807, 2.05) is 5.38 Å². The van der Waals surface area contributed by atoms with Gasteiger partial charge in [-0.25, -0.2) is 4.98 Å². The van der Waals surface area contributed by atoms with Crippen LogP contribution in [0.3, 0.4) is 0 Å². The molecule has 2 N–H and O–H groups in total. The van der Waals surface area contributed by atoms with Crippen molar-refractivity contribution in [1.82, 2.24) is 15.2 Å². The van der Waals surface area contributed by atoms with E-state index in [0.29, 0.717) is 33.5 Å². The Morgan fingerprint density at radius 1 is 1.27 bits per heavy atom. The second kappa shape index (κ2) is 9.78. The molecule has 0 radical (unpaired) electrons. The Morgan fingerprint density at radius 2 is 2.10 bits per heavy atom. The number of hydrogen-bond acceptors (Lipinski definition) is 8. The molecular weight excluding hydrogens is 424 g/mol. The van der Waals surface area contributed by atoms with Crippen LogP contribution in [0.5, 0.6) is 0 Å². The first kappa shape index (κ1) is 21.1. The average molecular weight is 449 g/mol. The molecule has 0 spiro atoms. The minimum Gasteiger partial charge on any atom is -0.379 e. The predicted octanol–water partition coefficient (Wildman–Crippen LogP) is 2.04. The summed E-state index contributed by atoms with van der Waals surface area (Å²) >= 11 is 2.53. The van der Waals surface area contributed by atoms with Crippen LogP contribution >= 0.6 is 22.7 Å². The predicted molar refractivity (Wildman–Crippen MR) is 115 cm³/mol. The number of anilines is 1. The second-order valence-corrected chi connectivity index (χ2v) is 9.30. The summed E-state index contributed by atoms with van der Waals surface area (Å²) in [5.41, 5.74) is 0.603. The standard InChI is InChI=1S/C20H24N4O4S2/c25-15-12-13(18(26)21-4-2-5-24-6-8-28-9-7-24)11-14-17(15)30-20(22-14)23-19(27)16-3-1-10-29-16/h1,3,10,13H,2,4-9,11-12H2,(H,21,26)(H,22,23,27)/t13-/m1/s1. The third-order valence-electron chi connectivity index (χ3n) is 5.21. The monoisotopic (exact) mass is 448 g/mol. The molecule has 160 valence electrons. The highest BCUT2D eigenvalue weighted by atomic mass is 32.1. The highest BCUT2D eigenvalue weighted by Gasteiger charge is 2.33. The van der Waals surface area contributed by atoms with Gasteiger partial charge in [0.15, 0.2) is 10.9 Å². The van der Waals surface area contributed by atoms with Crippen LogP contribution in [0.2, 0.25) is 0 Å². The average Bonchev–Trinajstić information content (AvgIpc) is 3.42. The Labute approximate surface area is 182 Å². The summed E-state index contributed by atoms with van der Waals surface area (Å²) in [6.45, 7) is 4.92. The van der Waals surface area contributed by atoms with Crippen LogP contribution in [0.15, 0.2) is 17.5 Å². The molecule has 1 atom stereocenters. The number of hydrogen-bond donors (Lipinski definition) is 2. The fourth-order valence-electron chi connectivity index (χ4n) is 3.62. The molecule has 2 aromatic rings. The van der Waals surface area contributed by atoms with E-state index in [4.69, 9.17) is 4.74 Å². The van der Waals surface area contributed by atoms with Crippen molar-refractivity contribution in [2.75, 3.05) is 44.7 Å². The van der Waals surface area contributed by atoms with Crippen LogP contribution in [0.4, 0.5) is 5.13 Å². The summed E-state index contributed by atoms with van der Waals surface area (Å²) in [6, 6.07) is 3.54. The van der Waals surface area contributed by atoms with Gasteiger partial charge in [-0.05, 0) is 24.4 Å². The van der Waals surface area contributed by atoms with Crippen molar-refractivity contribution < 1.29 is 19.1 Å². The molecule has 2 aliphatic rings. The molecule has 1 saturated heterocycles. The summed E-state index contributed by atoms with van der Waals surface area (Å²) in [5, 5.41) is 7.94. The van der Waals surface area contributed by atoms with Crippen LogP contribution in [0.1, 0.15) is 37.9 Å². The molecule has 2 amide bonds. The number of aromatic nitrogens is 1. The molecule has 1 aliphatic carbocycles. The lowest BCUT2D eigenvalue weighted by Crippen LogP contribution is -2.39. The molecule has 1 fully saturated rings. The van der Waals surface area contributed by atoms with Gasteiger partial charge in [0.2, 0.25) is 5.91 Å². The number of ether oxygens (including phenoxy) is 1. The van der Waals surface area contributed by atoms with E-state index in [0.717, 1.165) is 39.3 Å². The van der Waals surface area contributed by atoms with Crippen LogP contribution < -0.4 is 10.6 Å². The number of nitrogens with one attached hydrogen (secondary N) is 2. The van der Waals surface area contributed by atoms with Crippen molar-refractivity contribution in [3.63, 3.8) is 0 Å². The fraction of sp³-hybridized carbons (Fsp3) is 0.500. The summed E-state index contributed by atoms with van der Waals surface area (Å²) in [4.78, 5) is 45.2. The van der Waals surface area contributed by atoms with E-state index in [2.05, 4.69) is 20.5 Å². The highest BCUT2D eigenvalue weighted by Crippen LogP contribution is 2.32. The van der Waals surface area contributed by atoms with Gasteiger partial charge in [0.1, 0.15) is 0 Å². The number of morpholine rings is 1. The molecule has 30 heavy (non-hydrogen) atoms. The number of thiophene rings is 1. The van der Waals surface area contributed by atoms with Crippen molar-refractivity contribution in [1.29, 1.82) is 0 Å². The number of amides is 2. The van der Waals surface area contributed by atoms with Gasteiger partial charge in [-0.3, -0.25) is 24.6 Å². The van der Waals surface area contributed by atoms with E-state index < -0.39 is 5.92 Å². The van der Waals surface area contributed by atoms with Gasteiger partial charge in [0, 0.05) is 32.5 Å². The minimum atomic E-state index is -0.406.